The Morgan fingerprint density at radius 2 is 2.00 bits per heavy atom. The lowest BCUT2D eigenvalue weighted by molar-refractivity contribution is -0.145. The second kappa shape index (κ2) is 6.18. The lowest BCUT2D eigenvalue weighted by atomic mass is 10.00. The van der Waals surface area contributed by atoms with Crippen molar-refractivity contribution in [2.24, 2.45) is 11.8 Å². The van der Waals surface area contributed by atoms with Crippen LogP contribution in [0.3, 0.4) is 0 Å². The fourth-order valence-electron chi connectivity index (χ4n) is 2.35. The maximum Gasteiger partial charge on any atom is 0.326 e. The molecule has 4 atom stereocenters. The monoisotopic (exact) mass is 257 g/mol. The van der Waals surface area contributed by atoms with E-state index in [0.717, 1.165) is 6.42 Å². The van der Waals surface area contributed by atoms with Crippen LogP contribution in [0.1, 0.15) is 40.5 Å². The minimum Gasteiger partial charge on any atom is -0.480 e. The molecule has 0 aliphatic carbocycles. The SMILES string of the molecule is CC(C)C[C@@H](NC(=O)C1OC(C)CC1C)C(=O)O. The van der Waals surface area contributed by atoms with E-state index in [4.69, 9.17) is 9.84 Å². The van der Waals surface area contributed by atoms with Crippen LogP contribution in [0, 0.1) is 11.8 Å². The van der Waals surface area contributed by atoms with Crippen molar-refractivity contribution < 1.29 is 19.4 Å². The van der Waals surface area contributed by atoms with E-state index >= 15 is 0 Å². The van der Waals surface area contributed by atoms with E-state index in [9.17, 15) is 9.59 Å². The normalized spacial score (nSPS) is 29.3. The van der Waals surface area contributed by atoms with Gasteiger partial charge in [0.15, 0.2) is 0 Å². The Morgan fingerprint density at radius 3 is 2.39 bits per heavy atom. The number of aliphatic carboxylic acids is 1. The van der Waals surface area contributed by atoms with E-state index in [2.05, 4.69) is 5.32 Å². The molecule has 1 aliphatic heterocycles. The first-order valence-corrected chi connectivity index (χ1v) is 6.50. The zero-order valence-electron chi connectivity index (χ0n) is 11.5. The standard InChI is InChI=1S/C13H23NO4/c1-7(2)5-10(13(16)17)14-12(15)11-8(3)6-9(4)18-11/h7-11H,5-6H2,1-4H3,(H,14,15)(H,16,17)/t8?,9?,10-,11?/m1/s1. The van der Waals surface area contributed by atoms with Crippen LogP contribution in [-0.2, 0) is 14.3 Å². The molecule has 104 valence electrons. The molecule has 18 heavy (non-hydrogen) atoms. The lowest BCUT2D eigenvalue weighted by Gasteiger charge is -2.20. The molecule has 1 saturated heterocycles. The molecule has 3 unspecified atom stereocenters. The summed E-state index contributed by atoms with van der Waals surface area (Å²) in [5.41, 5.74) is 0. The van der Waals surface area contributed by atoms with E-state index < -0.39 is 18.1 Å². The van der Waals surface area contributed by atoms with E-state index in [1.54, 1.807) is 0 Å². The van der Waals surface area contributed by atoms with Gasteiger partial charge in [0, 0.05) is 0 Å². The zero-order valence-corrected chi connectivity index (χ0v) is 11.5. The van der Waals surface area contributed by atoms with Gasteiger partial charge in [-0.15, -0.1) is 0 Å². The van der Waals surface area contributed by atoms with Gasteiger partial charge >= 0.3 is 5.97 Å². The number of carboxylic acid groups (broad SMARTS) is 1. The third kappa shape index (κ3) is 3.98. The molecule has 0 aromatic heterocycles. The largest absolute Gasteiger partial charge is 0.480 e. The molecule has 1 heterocycles. The quantitative estimate of drug-likeness (QED) is 0.781. The molecular weight excluding hydrogens is 234 g/mol. The van der Waals surface area contributed by atoms with Crippen LogP contribution in [0.25, 0.3) is 0 Å². The molecule has 0 aromatic rings. The Bertz CT molecular complexity index is 316. The van der Waals surface area contributed by atoms with Crippen molar-refractivity contribution in [2.45, 2.75) is 58.8 Å². The summed E-state index contributed by atoms with van der Waals surface area (Å²) in [6.07, 6.45) is 0.802. The van der Waals surface area contributed by atoms with Crippen molar-refractivity contribution in [1.82, 2.24) is 5.32 Å². The number of rotatable bonds is 5. The number of amides is 1. The number of carboxylic acids is 1. The predicted molar refractivity (Wildman–Crippen MR) is 67.1 cm³/mol. The van der Waals surface area contributed by atoms with Crippen molar-refractivity contribution in [3.05, 3.63) is 0 Å². The molecule has 1 amide bonds. The minimum atomic E-state index is -0.990. The van der Waals surface area contributed by atoms with Gasteiger partial charge in [-0.2, -0.15) is 0 Å². The van der Waals surface area contributed by atoms with Crippen LogP contribution in [0.2, 0.25) is 0 Å². The van der Waals surface area contributed by atoms with Gasteiger partial charge in [0.25, 0.3) is 0 Å². The summed E-state index contributed by atoms with van der Waals surface area (Å²) in [4.78, 5) is 23.1. The maximum absolute atomic E-state index is 12.0. The van der Waals surface area contributed by atoms with Crippen LogP contribution in [0.4, 0.5) is 0 Å². The number of nitrogens with one attached hydrogen (secondary N) is 1. The van der Waals surface area contributed by atoms with Crippen LogP contribution in [-0.4, -0.2) is 35.2 Å². The van der Waals surface area contributed by atoms with Crippen LogP contribution < -0.4 is 5.32 Å². The molecule has 1 aliphatic rings. The summed E-state index contributed by atoms with van der Waals surface area (Å²) in [5.74, 6) is -0.948. The van der Waals surface area contributed by atoms with Crippen LogP contribution >= 0.6 is 0 Å². The smallest absolute Gasteiger partial charge is 0.326 e. The summed E-state index contributed by atoms with van der Waals surface area (Å²) in [7, 11) is 0. The second-order valence-corrected chi connectivity index (χ2v) is 5.61. The van der Waals surface area contributed by atoms with Gasteiger partial charge in [0.2, 0.25) is 5.91 Å². The van der Waals surface area contributed by atoms with Crippen molar-refractivity contribution in [3.63, 3.8) is 0 Å². The molecule has 1 rings (SSSR count). The summed E-state index contributed by atoms with van der Waals surface area (Å²) in [5, 5.41) is 11.7. The first-order valence-electron chi connectivity index (χ1n) is 6.50. The number of carbonyl (C=O) groups is 2. The van der Waals surface area contributed by atoms with Crippen LogP contribution in [0.5, 0.6) is 0 Å². The van der Waals surface area contributed by atoms with E-state index in [1.807, 2.05) is 27.7 Å². The van der Waals surface area contributed by atoms with Gasteiger partial charge < -0.3 is 15.2 Å². The number of hydrogen-bond donors (Lipinski definition) is 2. The lowest BCUT2D eigenvalue weighted by Crippen LogP contribution is -2.47. The minimum absolute atomic E-state index is 0.0594. The van der Waals surface area contributed by atoms with Gasteiger partial charge in [-0.1, -0.05) is 20.8 Å². The van der Waals surface area contributed by atoms with E-state index in [-0.39, 0.29) is 23.8 Å². The highest BCUT2D eigenvalue weighted by Gasteiger charge is 2.36. The summed E-state index contributed by atoms with van der Waals surface area (Å²) < 4.78 is 5.52. The van der Waals surface area contributed by atoms with Gasteiger partial charge in [0.05, 0.1) is 6.10 Å². The first kappa shape index (κ1) is 15.0. The molecule has 0 saturated carbocycles. The number of carbonyl (C=O) groups excluding carboxylic acids is 1. The second-order valence-electron chi connectivity index (χ2n) is 5.61. The van der Waals surface area contributed by atoms with E-state index in [0.29, 0.717) is 6.42 Å². The Balaban J connectivity index is 2.58. The average Bonchev–Trinajstić information content (AvgIpc) is 2.56. The zero-order chi connectivity index (χ0) is 13.9. The van der Waals surface area contributed by atoms with Crippen molar-refractivity contribution in [2.75, 3.05) is 0 Å². The summed E-state index contributed by atoms with van der Waals surface area (Å²) in [6.45, 7) is 7.73. The number of ether oxygens (including phenoxy) is 1. The van der Waals surface area contributed by atoms with Crippen LogP contribution in [0.15, 0.2) is 0 Å². The predicted octanol–water partition coefficient (Wildman–Crippen LogP) is 1.42. The molecule has 0 spiro atoms. The topological polar surface area (TPSA) is 75.6 Å². The third-order valence-corrected chi connectivity index (χ3v) is 3.18. The highest BCUT2D eigenvalue weighted by Crippen LogP contribution is 2.26. The summed E-state index contributed by atoms with van der Waals surface area (Å²) >= 11 is 0. The molecular formula is C13H23NO4. The van der Waals surface area contributed by atoms with Gasteiger partial charge in [-0.25, -0.2) is 4.79 Å². The van der Waals surface area contributed by atoms with E-state index in [1.165, 1.54) is 0 Å². The fraction of sp³-hybridized carbons (Fsp3) is 0.846. The molecule has 1 fully saturated rings. The van der Waals surface area contributed by atoms with Gasteiger partial charge in [0.1, 0.15) is 12.1 Å². The van der Waals surface area contributed by atoms with Crippen molar-refractivity contribution >= 4 is 11.9 Å². The highest BCUT2D eigenvalue weighted by atomic mass is 16.5. The number of hydrogen-bond acceptors (Lipinski definition) is 3. The van der Waals surface area contributed by atoms with Gasteiger partial charge in [-0.3, -0.25) is 4.79 Å². The maximum atomic E-state index is 12.0. The Morgan fingerprint density at radius 1 is 1.39 bits per heavy atom. The average molecular weight is 257 g/mol. The molecule has 2 N–H and O–H groups in total. The molecule has 0 aromatic carbocycles. The molecule has 0 bridgehead atoms. The molecule has 0 radical (unpaired) electrons. The highest BCUT2D eigenvalue weighted by molar-refractivity contribution is 5.86. The first-order chi connectivity index (χ1) is 8.31. The fourth-order valence-corrected chi connectivity index (χ4v) is 2.35. The Labute approximate surface area is 108 Å². The molecule has 5 nitrogen and oxygen atoms in total. The molecule has 5 heteroatoms. The van der Waals surface area contributed by atoms with Crippen molar-refractivity contribution in [1.29, 1.82) is 0 Å². The third-order valence-electron chi connectivity index (χ3n) is 3.18. The Hall–Kier alpha value is -1.10. The van der Waals surface area contributed by atoms with Crippen molar-refractivity contribution in [3.8, 4) is 0 Å². The Kier molecular flexibility index (Phi) is 5.14. The van der Waals surface area contributed by atoms with Gasteiger partial charge in [-0.05, 0) is 31.6 Å². The summed E-state index contributed by atoms with van der Waals surface area (Å²) in [6, 6.07) is -0.829.